The van der Waals surface area contributed by atoms with Gasteiger partial charge in [0.25, 0.3) is 0 Å². The summed E-state index contributed by atoms with van der Waals surface area (Å²) in [5, 5.41) is 12.6. The third-order valence-corrected chi connectivity index (χ3v) is 5.54. The number of benzene rings is 3. The second-order valence-corrected chi connectivity index (χ2v) is 7.13. The minimum absolute atomic E-state index is 0.0915. The molecule has 4 rings (SSSR count). The van der Waals surface area contributed by atoms with Crippen LogP contribution in [0.4, 0.5) is 0 Å². The predicted molar refractivity (Wildman–Crippen MR) is 107 cm³/mol. The molecule has 0 aromatic heterocycles. The number of nitriles is 1. The zero-order valence-electron chi connectivity index (χ0n) is 15.0. The molecule has 130 valence electrons. The summed E-state index contributed by atoms with van der Waals surface area (Å²) in [6.07, 6.45) is 3.73. The quantitative estimate of drug-likeness (QED) is 0.611. The van der Waals surface area contributed by atoms with E-state index >= 15 is 0 Å². The Morgan fingerprint density at radius 2 is 1.46 bits per heavy atom. The molecule has 0 N–H and O–H groups in total. The van der Waals surface area contributed by atoms with Crippen LogP contribution in [0.3, 0.4) is 0 Å². The van der Waals surface area contributed by atoms with Gasteiger partial charge >= 0.3 is 0 Å². The lowest BCUT2D eigenvalue weighted by Crippen LogP contribution is -2.36. The van der Waals surface area contributed by atoms with Crippen LogP contribution >= 0.6 is 0 Å². The SMILES string of the molecule is N#CC(c1ccccc1)C(c1cccc2ccccc12)N1CCCCC1. The molecule has 1 fully saturated rings. The summed E-state index contributed by atoms with van der Waals surface area (Å²) >= 11 is 0. The van der Waals surface area contributed by atoms with Crippen LogP contribution in [-0.4, -0.2) is 18.0 Å². The van der Waals surface area contributed by atoms with Gasteiger partial charge in [0.15, 0.2) is 0 Å². The van der Waals surface area contributed by atoms with Crippen LogP contribution in [-0.2, 0) is 0 Å². The molecule has 1 aliphatic heterocycles. The topological polar surface area (TPSA) is 27.0 Å². The van der Waals surface area contributed by atoms with Gasteiger partial charge in [-0.05, 0) is 47.8 Å². The lowest BCUT2D eigenvalue weighted by Gasteiger charge is -2.38. The monoisotopic (exact) mass is 340 g/mol. The molecule has 2 heteroatoms. The normalized spacial score (nSPS) is 17.5. The van der Waals surface area contributed by atoms with Gasteiger partial charge in [0.2, 0.25) is 0 Å². The van der Waals surface area contributed by atoms with Crippen molar-refractivity contribution in [2.24, 2.45) is 0 Å². The average Bonchev–Trinajstić information content (AvgIpc) is 2.73. The first kappa shape index (κ1) is 16.8. The van der Waals surface area contributed by atoms with Crippen LogP contribution in [0, 0.1) is 11.3 Å². The lowest BCUT2D eigenvalue weighted by atomic mass is 9.84. The van der Waals surface area contributed by atoms with Crippen molar-refractivity contribution in [3.8, 4) is 6.07 Å². The number of hydrogen-bond acceptors (Lipinski definition) is 2. The molecule has 3 aromatic rings. The number of hydrogen-bond donors (Lipinski definition) is 0. The Hall–Kier alpha value is -2.63. The summed E-state index contributed by atoms with van der Waals surface area (Å²) in [7, 11) is 0. The highest BCUT2D eigenvalue weighted by Crippen LogP contribution is 2.40. The summed E-state index contributed by atoms with van der Waals surface area (Å²) in [5.41, 5.74) is 2.39. The molecule has 0 radical (unpaired) electrons. The summed E-state index contributed by atoms with van der Waals surface area (Å²) in [4.78, 5) is 2.53. The highest BCUT2D eigenvalue weighted by molar-refractivity contribution is 5.86. The van der Waals surface area contributed by atoms with E-state index in [1.807, 2.05) is 18.2 Å². The van der Waals surface area contributed by atoms with Crippen molar-refractivity contribution >= 4 is 10.8 Å². The average molecular weight is 340 g/mol. The predicted octanol–water partition coefficient (Wildman–Crippen LogP) is 5.67. The minimum atomic E-state index is -0.167. The molecule has 1 heterocycles. The molecule has 26 heavy (non-hydrogen) atoms. The molecule has 0 aliphatic carbocycles. The van der Waals surface area contributed by atoms with E-state index in [0.29, 0.717) is 0 Å². The molecule has 0 spiro atoms. The van der Waals surface area contributed by atoms with E-state index in [2.05, 4.69) is 65.6 Å². The molecule has 2 nitrogen and oxygen atoms in total. The Morgan fingerprint density at radius 1 is 0.769 bits per heavy atom. The second kappa shape index (κ2) is 7.72. The Labute approximate surface area is 155 Å². The first-order chi connectivity index (χ1) is 12.9. The van der Waals surface area contributed by atoms with Crippen molar-refractivity contribution in [2.75, 3.05) is 13.1 Å². The van der Waals surface area contributed by atoms with Crippen LogP contribution in [0.1, 0.15) is 42.3 Å². The fourth-order valence-electron chi connectivity index (χ4n) is 4.28. The maximum Gasteiger partial charge on any atom is 0.0909 e. The van der Waals surface area contributed by atoms with E-state index in [-0.39, 0.29) is 12.0 Å². The van der Waals surface area contributed by atoms with Gasteiger partial charge in [-0.15, -0.1) is 0 Å². The third-order valence-electron chi connectivity index (χ3n) is 5.54. The number of piperidine rings is 1. The number of rotatable bonds is 4. The number of nitrogens with zero attached hydrogens (tertiary/aromatic N) is 2. The van der Waals surface area contributed by atoms with E-state index in [1.165, 1.54) is 35.6 Å². The van der Waals surface area contributed by atoms with Gasteiger partial charge in [0, 0.05) is 0 Å². The van der Waals surface area contributed by atoms with Gasteiger partial charge in [-0.3, -0.25) is 4.90 Å². The van der Waals surface area contributed by atoms with Crippen LogP contribution in [0.25, 0.3) is 10.8 Å². The van der Waals surface area contributed by atoms with Crippen molar-refractivity contribution in [1.82, 2.24) is 4.90 Å². The van der Waals surface area contributed by atoms with Crippen LogP contribution in [0.5, 0.6) is 0 Å². The van der Waals surface area contributed by atoms with Crippen molar-refractivity contribution in [3.05, 3.63) is 83.9 Å². The Bertz CT molecular complexity index is 899. The fourth-order valence-corrected chi connectivity index (χ4v) is 4.28. The minimum Gasteiger partial charge on any atom is -0.295 e. The summed E-state index contributed by atoms with van der Waals surface area (Å²) in [6, 6.07) is 28.1. The maximum atomic E-state index is 10.1. The molecule has 0 bridgehead atoms. The van der Waals surface area contributed by atoms with E-state index in [0.717, 1.165) is 18.7 Å². The van der Waals surface area contributed by atoms with Crippen LogP contribution < -0.4 is 0 Å². The molecule has 1 aliphatic rings. The van der Waals surface area contributed by atoms with E-state index in [1.54, 1.807) is 0 Å². The van der Waals surface area contributed by atoms with Crippen molar-refractivity contribution < 1.29 is 0 Å². The maximum absolute atomic E-state index is 10.1. The molecule has 0 amide bonds. The first-order valence-corrected chi connectivity index (χ1v) is 9.55. The lowest BCUT2D eigenvalue weighted by molar-refractivity contribution is 0.154. The molecular weight excluding hydrogens is 316 g/mol. The highest BCUT2D eigenvalue weighted by atomic mass is 15.2. The van der Waals surface area contributed by atoms with E-state index in [4.69, 9.17) is 0 Å². The summed E-state index contributed by atoms with van der Waals surface area (Å²) in [5.74, 6) is -0.167. The van der Waals surface area contributed by atoms with Gasteiger partial charge in [0.05, 0.1) is 18.0 Å². The smallest absolute Gasteiger partial charge is 0.0909 e. The molecule has 3 aromatic carbocycles. The molecule has 1 saturated heterocycles. The molecule has 2 unspecified atom stereocenters. The third kappa shape index (κ3) is 3.23. The molecule has 0 saturated carbocycles. The van der Waals surface area contributed by atoms with Gasteiger partial charge in [0.1, 0.15) is 0 Å². The number of likely N-dealkylation sites (tertiary alicyclic amines) is 1. The molecular formula is C24H24N2. The first-order valence-electron chi connectivity index (χ1n) is 9.55. The van der Waals surface area contributed by atoms with Gasteiger partial charge < -0.3 is 0 Å². The Kier molecular flexibility index (Phi) is 5.00. The molecule has 2 atom stereocenters. The zero-order chi connectivity index (χ0) is 17.8. The summed E-state index contributed by atoms with van der Waals surface area (Å²) in [6.45, 7) is 2.14. The van der Waals surface area contributed by atoms with Gasteiger partial charge in [-0.25, -0.2) is 0 Å². The van der Waals surface area contributed by atoms with Crippen molar-refractivity contribution in [3.63, 3.8) is 0 Å². The standard InChI is InChI=1S/C24H24N2/c25-18-23(20-10-3-1-4-11-20)24(26-16-7-2-8-17-26)22-15-9-13-19-12-5-6-14-21(19)22/h1,3-6,9-15,23-24H,2,7-8,16-17H2. The van der Waals surface area contributed by atoms with E-state index < -0.39 is 0 Å². The van der Waals surface area contributed by atoms with Gasteiger partial charge in [-0.1, -0.05) is 79.2 Å². The second-order valence-electron chi connectivity index (χ2n) is 7.13. The van der Waals surface area contributed by atoms with E-state index in [9.17, 15) is 5.26 Å². The number of fused-ring (bicyclic) bond motifs is 1. The Morgan fingerprint density at radius 3 is 2.23 bits per heavy atom. The summed E-state index contributed by atoms with van der Waals surface area (Å²) < 4.78 is 0. The fraction of sp³-hybridized carbons (Fsp3) is 0.292. The van der Waals surface area contributed by atoms with Crippen LogP contribution in [0.2, 0.25) is 0 Å². The van der Waals surface area contributed by atoms with Crippen LogP contribution in [0.15, 0.2) is 72.8 Å². The van der Waals surface area contributed by atoms with Crippen molar-refractivity contribution in [2.45, 2.75) is 31.2 Å². The highest BCUT2D eigenvalue weighted by Gasteiger charge is 2.32. The largest absolute Gasteiger partial charge is 0.295 e. The zero-order valence-corrected chi connectivity index (χ0v) is 15.0. The Balaban J connectivity index is 1.86. The van der Waals surface area contributed by atoms with Crippen molar-refractivity contribution in [1.29, 1.82) is 5.26 Å². The van der Waals surface area contributed by atoms with Gasteiger partial charge in [-0.2, -0.15) is 5.26 Å².